The minimum Gasteiger partial charge on any atom is -0.350 e. The molecule has 1 unspecified atom stereocenters. The van der Waals surface area contributed by atoms with E-state index in [2.05, 4.69) is 50.2 Å². The van der Waals surface area contributed by atoms with E-state index in [0.29, 0.717) is 12.6 Å². The first-order valence-electron chi connectivity index (χ1n) is 8.14. The first-order chi connectivity index (χ1) is 9.38. The molecule has 118 valence electrons. The standard InChI is InChI=1S/C16H33N3O/c1-6-16(4,5)18-15(20)12-19-10-8-14(9-11-19)13(3)17-7-2/h13-14,17H,6-12H2,1-5H3,(H,18,20). The summed E-state index contributed by atoms with van der Waals surface area (Å²) in [4.78, 5) is 14.3. The first kappa shape index (κ1) is 17.4. The number of piperidine rings is 1. The van der Waals surface area contributed by atoms with Gasteiger partial charge in [0.25, 0.3) is 0 Å². The molecular weight excluding hydrogens is 250 g/mol. The molecule has 1 amide bonds. The largest absolute Gasteiger partial charge is 0.350 e. The van der Waals surface area contributed by atoms with Crippen LogP contribution in [0.2, 0.25) is 0 Å². The maximum absolute atomic E-state index is 12.0. The third-order valence-electron chi connectivity index (χ3n) is 4.59. The van der Waals surface area contributed by atoms with Crippen LogP contribution in [-0.2, 0) is 4.79 Å². The van der Waals surface area contributed by atoms with E-state index in [1.807, 2.05) is 0 Å². The van der Waals surface area contributed by atoms with Crippen molar-refractivity contribution < 1.29 is 4.79 Å². The van der Waals surface area contributed by atoms with E-state index in [4.69, 9.17) is 0 Å². The van der Waals surface area contributed by atoms with E-state index in [1.54, 1.807) is 0 Å². The number of hydrogen-bond acceptors (Lipinski definition) is 3. The van der Waals surface area contributed by atoms with Crippen LogP contribution in [0.4, 0.5) is 0 Å². The van der Waals surface area contributed by atoms with Crippen LogP contribution in [-0.4, -0.2) is 48.6 Å². The van der Waals surface area contributed by atoms with Gasteiger partial charge in [-0.2, -0.15) is 0 Å². The average molecular weight is 283 g/mol. The second kappa shape index (κ2) is 7.99. The van der Waals surface area contributed by atoms with Crippen molar-refractivity contribution >= 4 is 5.91 Å². The van der Waals surface area contributed by atoms with Crippen LogP contribution in [0.5, 0.6) is 0 Å². The summed E-state index contributed by atoms with van der Waals surface area (Å²) in [6.45, 7) is 14.4. The van der Waals surface area contributed by atoms with Crippen LogP contribution in [0.1, 0.15) is 53.9 Å². The van der Waals surface area contributed by atoms with Gasteiger partial charge in [0.05, 0.1) is 6.54 Å². The molecule has 1 aliphatic rings. The van der Waals surface area contributed by atoms with E-state index >= 15 is 0 Å². The number of hydrogen-bond donors (Lipinski definition) is 2. The molecule has 1 fully saturated rings. The fourth-order valence-electron chi connectivity index (χ4n) is 2.81. The molecule has 20 heavy (non-hydrogen) atoms. The summed E-state index contributed by atoms with van der Waals surface area (Å²) in [5, 5.41) is 6.63. The molecule has 0 aliphatic carbocycles. The van der Waals surface area contributed by atoms with E-state index in [0.717, 1.165) is 32.0 Å². The fraction of sp³-hybridized carbons (Fsp3) is 0.938. The van der Waals surface area contributed by atoms with Gasteiger partial charge in [0.15, 0.2) is 0 Å². The minimum absolute atomic E-state index is 0.0883. The Morgan fingerprint density at radius 1 is 1.30 bits per heavy atom. The summed E-state index contributed by atoms with van der Waals surface area (Å²) in [5.41, 5.74) is -0.0883. The summed E-state index contributed by atoms with van der Waals surface area (Å²) in [6.07, 6.45) is 3.35. The van der Waals surface area contributed by atoms with Gasteiger partial charge in [-0.3, -0.25) is 9.69 Å². The molecule has 0 spiro atoms. The minimum atomic E-state index is -0.0883. The lowest BCUT2D eigenvalue weighted by atomic mass is 9.90. The molecule has 0 aromatic rings. The molecule has 1 heterocycles. The van der Waals surface area contributed by atoms with E-state index in [1.165, 1.54) is 12.8 Å². The molecule has 0 aromatic heterocycles. The van der Waals surface area contributed by atoms with Gasteiger partial charge in [-0.25, -0.2) is 0 Å². The molecule has 1 saturated heterocycles. The van der Waals surface area contributed by atoms with E-state index < -0.39 is 0 Å². The van der Waals surface area contributed by atoms with Crippen molar-refractivity contribution in [3.8, 4) is 0 Å². The smallest absolute Gasteiger partial charge is 0.234 e. The van der Waals surface area contributed by atoms with Crippen molar-refractivity contribution in [3.05, 3.63) is 0 Å². The molecule has 1 rings (SSSR count). The van der Waals surface area contributed by atoms with Crippen molar-refractivity contribution in [2.75, 3.05) is 26.2 Å². The van der Waals surface area contributed by atoms with Crippen molar-refractivity contribution in [1.29, 1.82) is 0 Å². The Bertz CT molecular complexity index is 296. The highest BCUT2D eigenvalue weighted by Crippen LogP contribution is 2.20. The Balaban J connectivity index is 2.30. The second-order valence-electron chi connectivity index (χ2n) is 6.75. The lowest BCUT2D eigenvalue weighted by Gasteiger charge is -2.35. The quantitative estimate of drug-likeness (QED) is 0.751. The molecule has 2 N–H and O–H groups in total. The maximum Gasteiger partial charge on any atom is 0.234 e. The number of nitrogens with zero attached hydrogens (tertiary/aromatic N) is 1. The zero-order valence-electron chi connectivity index (χ0n) is 14.0. The summed E-state index contributed by atoms with van der Waals surface area (Å²) >= 11 is 0. The van der Waals surface area contributed by atoms with Gasteiger partial charge >= 0.3 is 0 Å². The maximum atomic E-state index is 12.0. The SMILES string of the molecule is CCNC(C)C1CCN(CC(=O)NC(C)(C)CC)CC1. The second-order valence-corrected chi connectivity index (χ2v) is 6.75. The highest BCUT2D eigenvalue weighted by atomic mass is 16.2. The molecule has 0 saturated carbocycles. The lowest BCUT2D eigenvalue weighted by molar-refractivity contribution is -0.124. The third-order valence-corrected chi connectivity index (χ3v) is 4.59. The summed E-state index contributed by atoms with van der Waals surface area (Å²) < 4.78 is 0. The van der Waals surface area contributed by atoms with Crippen LogP contribution >= 0.6 is 0 Å². The van der Waals surface area contributed by atoms with Crippen LogP contribution in [0, 0.1) is 5.92 Å². The molecule has 0 bridgehead atoms. The van der Waals surface area contributed by atoms with Crippen molar-refractivity contribution in [2.24, 2.45) is 5.92 Å². The Morgan fingerprint density at radius 3 is 2.40 bits per heavy atom. The summed E-state index contributed by atoms with van der Waals surface area (Å²) in [7, 11) is 0. The topological polar surface area (TPSA) is 44.4 Å². The Kier molecular flexibility index (Phi) is 6.96. The molecule has 4 nitrogen and oxygen atoms in total. The van der Waals surface area contributed by atoms with Gasteiger partial charge in [0.1, 0.15) is 0 Å². The molecule has 0 aromatic carbocycles. The van der Waals surface area contributed by atoms with Crippen molar-refractivity contribution in [1.82, 2.24) is 15.5 Å². The lowest BCUT2D eigenvalue weighted by Crippen LogP contribution is -2.49. The van der Waals surface area contributed by atoms with Crippen LogP contribution in [0.3, 0.4) is 0 Å². The van der Waals surface area contributed by atoms with Crippen molar-refractivity contribution in [3.63, 3.8) is 0 Å². The van der Waals surface area contributed by atoms with Crippen LogP contribution in [0.25, 0.3) is 0 Å². The Morgan fingerprint density at radius 2 is 1.90 bits per heavy atom. The van der Waals surface area contributed by atoms with Gasteiger partial charge in [0.2, 0.25) is 5.91 Å². The fourth-order valence-corrected chi connectivity index (χ4v) is 2.81. The zero-order chi connectivity index (χ0) is 15.2. The summed E-state index contributed by atoms with van der Waals surface area (Å²) in [6, 6.07) is 0.593. The van der Waals surface area contributed by atoms with E-state index in [-0.39, 0.29) is 11.4 Å². The van der Waals surface area contributed by atoms with E-state index in [9.17, 15) is 4.79 Å². The number of likely N-dealkylation sites (tertiary alicyclic amines) is 1. The molecule has 0 radical (unpaired) electrons. The Hall–Kier alpha value is -0.610. The number of rotatable bonds is 7. The molecule has 1 atom stereocenters. The average Bonchev–Trinajstić information content (AvgIpc) is 2.39. The van der Waals surface area contributed by atoms with Gasteiger partial charge in [-0.15, -0.1) is 0 Å². The highest BCUT2D eigenvalue weighted by Gasteiger charge is 2.25. The van der Waals surface area contributed by atoms with Crippen LogP contribution in [0.15, 0.2) is 0 Å². The van der Waals surface area contributed by atoms with Gasteiger partial charge < -0.3 is 10.6 Å². The van der Waals surface area contributed by atoms with Gasteiger partial charge in [0, 0.05) is 11.6 Å². The van der Waals surface area contributed by atoms with Gasteiger partial charge in [-0.1, -0.05) is 13.8 Å². The Labute approximate surface area is 124 Å². The first-order valence-corrected chi connectivity index (χ1v) is 8.14. The van der Waals surface area contributed by atoms with Crippen molar-refractivity contribution in [2.45, 2.75) is 65.5 Å². The normalized spacial score (nSPS) is 19.9. The monoisotopic (exact) mass is 283 g/mol. The van der Waals surface area contributed by atoms with Crippen LogP contribution < -0.4 is 10.6 Å². The number of nitrogens with one attached hydrogen (secondary N) is 2. The number of carbonyl (C=O) groups excluding carboxylic acids is 1. The zero-order valence-corrected chi connectivity index (χ0v) is 14.0. The molecular formula is C16H33N3O. The summed E-state index contributed by atoms with van der Waals surface area (Å²) in [5.74, 6) is 0.913. The number of amides is 1. The third kappa shape index (κ3) is 5.80. The molecule has 4 heteroatoms. The predicted octanol–water partition coefficient (Wildman–Crippen LogP) is 2.00. The highest BCUT2D eigenvalue weighted by molar-refractivity contribution is 5.78. The predicted molar refractivity (Wildman–Crippen MR) is 84.8 cm³/mol. The molecule has 1 aliphatic heterocycles. The number of carbonyl (C=O) groups is 1. The van der Waals surface area contributed by atoms with Gasteiger partial charge in [-0.05, 0) is 65.6 Å².